The zero-order valence-electron chi connectivity index (χ0n) is 11.5. The molecule has 1 aliphatic heterocycles. The summed E-state index contributed by atoms with van der Waals surface area (Å²) in [6.45, 7) is 7.59. The van der Waals surface area contributed by atoms with Gasteiger partial charge >= 0.3 is 5.97 Å². The highest BCUT2D eigenvalue weighted by Crippen LogP contribution is 2.36. The van der Waals surface area contributed by atoms with Crippen LogP contribution in [0.3, 0.4) is 0 Å². The number of hydrogen-bond acceptors (Lipinski definition) is 4. The van der Waals surface area contributed by atoms with Crippen molar-refractivity contribution in [3.63, 3.8) is 0 Å². The maximum absolute atomic E-state index is 11.7. The predicted octanol–water partition coefficient (Wildman–Crippen LogP) is 1.57. The van der Waals surface area contributed by atoms with Crippen molar-refractivity contribution in [1.82, 2.24) is 0 Å². The van der Waals surface area contributed by atoms with E-state index >= 15 is 0 Å². The SMILES string of the molecule is C=C1C[C@H](O)[C@@H]2[C@@H](/C=C(\C)CC[C@H]1O)OC(=O)[C@@H]2C. The number of aliphatic hydroxyl groups excluding tert-OH is 2. The molecule has 4 nitrogen and oxygen atoms in total. The maximum Gasteiger partial charge on any atom is 0.309 e. The summed E-state index contributed by atoms with van der Waals surface area (Å²) in [5, 5.41) is 20.3. The quantitative estimate of drug-likeness (QED) is 0.516. The lowest BCUT2D eigenvalue weighted by atomic mass is 9.81. The first-order valence-electron chi connectivity index (χ1n) is 6.81. The van der Waals surface area contributed by atoms with Gasteiger partial charge in [0.2, 0.25) is 0 Å². The van der Waals surface area contributed by atoms with Crippen molar-refractivity contribution in [3.8, 4) is 0 Å². The molecule has 1 saturated heterocycles. The Morgan fingerprint density at radius 1 is 1.42 bits per heavy atom. The van der Waals surface area contributed by atoms with Gasteiger partial charge in [0, 0.05) is 5.92 Å². The van der Waals surface area contributed by atoms with Crippen LogP contribution in [0.2, 0.25) is 0 Å². The monoisotopic (exact) mass is 266 g/mol. The van der Waals surface area contributed by atoms with Crippen molar-refractivity contribution in [2.24, 2.45) is 11.8 Å². The molecule has 19 heavy (non-hydrogen) atoms. The second-order valence-corrected chi connectivity index (χ2v) is 5.76. The van der Waals surface area contributed by atoms with Gasteiger partial charge in [0.25, 0.3) is 0 Å². The average molecular weight is 266 g/mol. The van der Waals surface area contributed by atoms with Gasteiger partial charge < -0.3 is 14.9 Å². The molecule has 0 amide bonds. The van der Waals surface area contributed by atoms with Gasteiger partial charge in [-0.1, -0.05) is 19.1 Å². The fourth-order valence-corrected chi connectivity index (χ4v) is 2.93. The molecule has 0 bridgehead atoms. The first-order chi connectivity index (χ1) is 8.90. The fraction of sp³-hybridized carbons (Fsp3) is 0.667. The molecule has 0 aromatic carbocycles. The van der Waals surface area contributed by atoms with Crippen molar-refractivity contribution >= 4 is 5.97 Å². The molecule has 5 atom stereocenters. The lowest BCUT2D eigenvalue weighted by Crippen LogP contribution is -2.33. The van der Waals surface area contributed by atoms with Gasteiger partial charge in [0.15, 0.2) is 0 Å². The fourth-order valence-electron chi connectivity index (χ4n) is 2.93. The van der Waals surface area contributed by atoms with E-state index < -0.39 is 12.2 Å². The normalized spacial score (nSPS) is 43.2. The van der Waals surface area contributed by atoms with Crippen molar-refractivity contribution in [1.29, 1.82) is 0 Å². The van der Waals surface area contributed by atoms with E-state index in [2.05, 4.69) is 6.58 Å². The number of hydrogen-bond donors (Lipinski definition) is 2. The third kappa shape index (κ3) is 2.90. The lowest BCUT2D eigenvalue weighted by Gasteiger charge is -2.27. The van der Waals surface area contributed by atoms with E-state index in [-0.39, 0.29) is 23.9 Å². The van der Waals surface area contributed by atoms with E-state index in [1.807, 2.05) is 13.0 Å². The highest BCUT2D eigenvalue weighted by atomic mass is 16.6. The molecule has 2 rings (SSSR count). The molecular weight excluding hydrogens is 244 g/mol. The van der Waals surface area contributed by atoms with Gasteiger partial charge in [0.05, 0.1) is 18.1 Å². The minimum absolute atomic E-state index is 0.260. The zero-order chi connectivity index (χ0) is 14.2. The number of carbonyl (C=O) groups is 1. The van der Waals surface area contributed by atoms with Crippen LogP contribution in [0.5, 0.6) is 0 Å². The minimum atomic E-state index is -0.712. The molecule has 0 aromatic heterocycles. The van der Waals surface area contributed by atoms with Crippen LogP contribution in [0.15, 0.2) is 23.8 Å². The Kier molecular flexibility index (Phi) is 4.11. The van der Waals surface area contributed by atoms with E-state index in [1.54, 1.807) is 6.92 Å². The zero-order valence-corrected chi connectivity index (χ0v) is 11.5. The number of ether oxygens (including phenoxy) is 1. The van der Waals surface area contributed by atoms with Crippen molar-refractivity contribution in [3.05, 3.63) is 23.8 Å². The van der Waals surface area contributed by atoms with E-state index in [0.717, 1.165) is 12.0 Å². The van der Waals surface area contributed by atoms with E-state index in [1.165, 1.54) is 0 Å². The molecule has 2 N–H and O–H groups in total. The Labute approximate surface area is 113 Å². The second kappa shape index (κ2) is 5.47. The predicted molar refractivity (Wildman–Crippen MR) is 71.3 cm³/mol. The third-order valence-corrected chi connectivity index (χ3v) is 4.23. The van der Waals surface area contributed by atoms with Crippen LogP contribution in [-0.4, -0.2) is 34.5 Å². The third-order valence-electron chi connectivity index (χ3n) is 4.23. The molecule has 0 saturated carbocycles. The second-order valence-electron chi connectivity index (χ2n) is 5.76. The Bertz CT molecular complexity index is 412. The molecule has 0 aromatic rings. The molecule has 1 fully saturated rings. The summed E-state index contributed by atoms with van der Waals surface area (Å²) < 4.78 is 5.34. The van der Waals surface area contributed by atoms with Crippen LogP contribution >= 0.6 is 0 Å². The van der Waals surface area contributed by atoms with Gasteiger partial charge in [0.1, 0.15) is 6.10 Å². The van der Waals surface area contributed by atoms with Crippen LogP contribution in [0, 0.1) is 11.8 Å². The molecule has 106 valence electrons. The largest absolute Gasteiger partial charge is 0.457 e. The highest BCUT2D eigenvalue weighted by molar-refractivity contribution is 5.75. The standard InChI is InChI=1S/C15H22O4/c1-8-4-5-11(16)9(2)7-12(17)14-10(3)15(18)19-13(14)6-8/h6,10-14,16-17H,2,4-5,7H2,1,3H3/b8-6+/t10-,11-,12+,13-,14-/m1/s1. The molecule has 1 aliphatic carbocycles. The molecule has 0 unspecified atom stereocenters. The van der Waals surface area contributed by atoms with E-state index in [9.17, 15) is 15.0 Å². The van der Waals surface area contributed by atoms with Gasteiger partial charge in [-0.3, -0.25) is 4.79 Å². The van der Waals surface area contributed by atoms with Gasteiger partial charge in [-0.05, 0) is 37.8 Å². The molecular formula is C15H22O4. The topological polar surface area (TPSA) is 66.8 Å². The molecule has 4 heteroatoms. The average Bonchev–Trinajstić information content (AvgIpc) is 2.60. The molecule has 2 aliphatic rings. The van der Waals surface area contributed by atoms with Crippen LogP contribution in [0.4, 0.5) is 0 Å². The highest BCUT2D eigenvalue weighted by Gasteiger charge is 2.45. The number of aliphatic hydroxyl groups is 2. The maximum atomic E-state index is 11.7. The molecule has 1 heterocycles. The Hall–Kier alpha value is -1.13. The van der Waals surface area contributed by atoms with E-state index in [0.29, 0.717) is 18.4 Å². The molecule has 0 spiro atoms. The summed E-state index contributed by atoms with van der Waals surface area (Å²) in [7, 11) is 0. The Balaban J connectivity index is 2.30. The van der Waals surface area contributed by atoms with Crippen LogP contribution in [0.25, 0.3) is 0 Å². The van der Waals surface area contributed by atoms with Crippen molar-refractivity contribution in [2.75, 3.05) is 0 Å². The number of allylic oxidation sites excluding steroid dienone is 1. The summed E-state index contributed by atoms with van der Waals surface area (Å²) in [5.74, 6) is -0.846. The molecule has 0 radical (unpaired) electrons. The minimum Gasteiger partial charge on any atom is -0.457 e. The van der Waals surface area contributed by atoms with Crippen molar-refractivity contribution < 1.29 is 19.7 Å². The number of fused-ring (bicyclic) bond motifs is 1. The van der Waals surface area contributed by atoms with E-state index in [4.69, 9.17) is 4.74 Å². The van der Waals surface area contributed by atoms with Crippen LogP contribution in [0.1, 0.15) is 33.1 Å². The Morgan fingerprint density at radius 3 is 2.79 bits per heavy atom. The van der Waals surface area contributed by atoms with Crippen LogP contribution < -0.4 is 0 Å². The number of esters is 1. The first-order valence-corrected chi connectivity index (χ1v) is 6.81. The lowest BCUT2D eigenvalue weighted by molar-refractivity contribution is -0.142. The van der Waals surface area contributed by atoms with Gasteiger partial charge in [-0.25, -0.2) is 0 Å². The smallest absolute Gasteiger partial charge is 0.309 e. The number of carbonyl (C=O) groups excluding carboxylic acids is 1. The summed E-state index contributed by atoms with van der Waals surface area (Å²) in [4.78, 5) is 11.7. The summed E-state index contributed by atoms with van der Waals surface area (Å²) in [5.41, 5.74) is 1.70. The van der Waals surface area contributed by atoms with Crippen molar-refractivity contribution in [2.45, 2.75) is 51.4 Å². The Morgan fingerprint density at radius 2 is 2.11 bits per heavy atom. The van der Waals surface area contributed by atoms with Gasteiger partial charge in [-0.15, -0.1) is 0 Å². The van der Waals surface area contributed by atoms with Crippen LogP contribution in [-0.2, 0) is 9.53 Å². The van der Waals surface area contributed by atoms with Gasteiger partial charge in [-0.2, -0.15) is 0 Å². The first kappa shape index (κ1) is 14.3. The summed E-state index contributed by atoms with van der Waals surface area (Å²) in [6, 6.07) is 0. The summed E-state index contributed by atoms with van der Waals surface area (Å²) in [6.07, 6.45) is 1.89. The summed E-state index contributed by atoms with van der Waals surface area (Å²) >= 11 is 0. The number of rotatable bonds is 0.